The van der Waals surface area contributed by atoms with Gasteiger partial charge in [0.15, 0.2) is 5.11 Å². The molecule has 2 heterocycles. The molecule has 0 saturated carbocycles. The van der Waals surface area contributed by atoms with Gasteiger partial charge < -0.3 is 14.0 Å². The molecular formula is C32H26N4O4S. The van der Waals surface area contributed by atoms with E-state index in [4.69, 9.17) is 21.7 Å². The number of para-hydroxylation sites is 2. The van der Waals surface area contributed by atoms with E-state index >= 15 is 0 Å². The summed E-state index contributed by atoms with van der Waals surface area (Å²) in [6.07, 6.45) is 1.59. The van der Waals surface area contributed by atoms with Crippen LogP contribution in [0.3, 0.4) is 0 Å². The molecule has 41 heavy (non-hydrogen) atoms. The van der Waals surface area contributed by atoms with Crippen molar-refractivity contribution >= 4 is 40.9 Å². The van der Waals surface area contributed by atoms with Gasteiger partial charge in [-0.3, -0.25) is 14.9 Å². The van der Waals surface area contributed by atoms with Crippen LogP contribution in [0.2, 0.25) is 0 Å². The molecule has 1 aliphatic heterocycles. The fourth-order valence-corrected chi connectivity index (χ4v) is 5.06. The normalized spacial score (nSPS) is 14.1. The summed E-state index contributed by atoms with van der Waals surface area (Å²) in [5, 5.41) is 11.9. The standard InChI is InChI=1S/C32H26N4O4S/c1-20-16-24(17-27-30(37)34-32(41)36(31(27)38)28-10-6-7-11-29(28)39-3)21(2)35(20)25-12-14-26(15-13-25)40-19-23-9-5-4-8-22(23)18-33/h4-17H,19H2,1-3H3,(H,34,37,41)/b27-17+. The van der Waals surface area contributed by atoms with E-state index in [1.54, 1.807) is 36.4 Å². The van der Waals surface area contributed by atoms with Gasteiger partial charge in [-0.1, -0.05) is 30.3 Å². The van der Waals surface area contributed by atoms with Crippen LogP contribution in [0.5, 0.6) is 11.5 Å². The summed E-state index contributed by atoms with van der Waals surface area (Å²) in [4.78, 5) is 27.7. The molecule has 2 amide bonds. The second kappa shape index (κ2) is 11.5. The lowest BCUT2D eigenvalue weighted by molar-refractivity contribution is -0.122. The second-order valence-electron chi connectivity index (χ2n) is 9.34. The minimum Gasteiger partial charge on any atom is -0.495 e. The summed E-state index contributed by atoms with van der Waals surface area (Å²) in [5.41, 5.74) is 5.21. The Hall–Kier alpha value is -5.20. The lowest BCUT2D eigenvalue weighted by Gasteiger charge is -2.29. The van der Waals surface area contributed by atoms with Crippen LogP contribution >= 0.6 is 12.2 Å². The Bertz CT molecular complexity index is 1750. The van der Waals surface area contributed by atoms with Crippen molar-refractivity contribution in [3.8, 4) is 23.3 Å². The van der Waals surface area contributed by atoms with Crippen molar-refractivity contribution in [1.82, 2.24) is 9.88 Å². The second-order valence-corrected chi connectivity index (χ2v) is 9.73. The highest BCUT2D eigenvalue weighted by Crippen LogP contribution is 2.32. The molecule has 4 aromatic rings. The lowest BCUT2D eigenvalue weighted by Crippen LogP contribution is -2.54. The number of carbonyl (C=O) groups excluding carboxylic acids is 2. The van der Waals surface area contributed by atoms with E-state index in [1.807, 2.05) is 66.9 Å². The quantitative estimate of drug-likeness (QED) is 0.184. The molecule has 0 atom stereocenters. The number of carbonyl (C=O) groups is 2. The molecule has 5 rings (SSSR count). The van der Waals surface area contributed by atoms with Gasteiger partial charge in [0, 0.05) is 22.6 Å². The summed E-state index contributed by atoms with van der Waals surface area (Å²) in [7, 11) is 1.51. The van der Waals surface area contributed by atoms with Gasteiger partial charge in [0.25, 0.3) is 11.8 Å². The van der Waals surface area contributed by atoms with Crippen LogP contribution in [-0.4, -0.2) is 28.6 Å². The lowest BCUT2D eigenvalue weighted by atomic mass is 10.1. The van der Waals surface area contributed by atoms with Crippen LogP contribution < -0.4 is 19.7 Å². The maximum Gasteiger partial charge on any atom is 0.270 e. The maximum absolute atomic E-state index is 13.5. The number of rotatable bonds is 7. The molecule has 0 radical (unpaired) electrons. The van der Waals surface area contributed by atoms with Crippen LogP contribution in [0.1, 0.15) is 28.1 Å². The SMILES string of the molecule is COc1ccccc1N1C(=O)/C(=C/c2cc(C)n(-c3ccc(OCc4ccccc4C#N)cc3)c2C)C(=O)NC1=S. The topological polar surface area (TPSA) is 96.6 Å². The molecule has 0 bridgehead atoms. The zero-order chi connectivity index (χ0) is 29.1. The van der Waals surface area contributed by atoms with Crippen molar-refractivity contribution in [2.24, 2.45) is 0 Å². The molecular weight excluding hydrogens is 536 g/mol. The number of hydrogen-bond acceptors (Lipinski definition) is 6. The number of aryl methyl sites for hydroxylation is 1. The number of anilines is 1. The van der Waals surface area contributed by atoms with Crippen molar-refractivity contribution in [1.29, 1.82) is 5.26 Å². The van der Waals surface area contributed by atoms with Gasteiger partial charge >= 0.3 is 0 Å². The van der Waals surface area contributed by atoms with E-state index in [0.29, 0.717) is 22.7 Å². The Balaban J connectivity index is 1.41. The van der Waals surface area contributed by atoms with E-state index < -0.39 is 11.8 Å². The summed E-state index contributed by atoms with van der Waals surface area (Å²) in [6.45, 7) is 4.17. The van der Waals surface area contributed by atoms with E-state index in [0.717, 1.165) is 28.2 Å². The van der Waals surface area contributed by atoms with E-state index in [1.165, 1.54) is 12.0 Å². The van der Waals surface area contributed by atoms with Crippen molar-refractivity contribution < 1.29 is 19.1 Å². The van der Waals surface area contributed by atoms with Crippen LogP contribution in [-0.2, 0) is 16.2 Å². The number of nitrogens with one attached hydrogen (secondary N) is 1. The number of nitrogens with zero attached hydrogens (tertiary/aromatic N) is 3. The summed E-state index contributed by atoms with van der Waals surface area (Å²) < 4.78 is 13.4. The average molecular weight is 563 g/mol. The van der Waals surface area contributed by atoms with Crippen molar-refractivity contribution in [2.75, 3.05) is 12.0 Å². The third kappa shape index (κ3) is 5.33. The highest BCUT2D eigenvalue weighted by atomic mass is 32.1. The van der Waals surface area contributed by atoms with Gasteiger partial charge in [0.1, 0.15) is 23.7 Å². The van der Waals surface area contributed by atoms with Gasteiger partial charge in [-0.2, -0.15) is 5.26 Å². The minimum absolute atomic E-state index is 0.00876. The Morgan fingerprint density at radius 1 is 1.00 bits per heavy atom. The molecule has 3 aromatic carbocycles. The molecule has 9 heteroatoms. The third-order valence-corrected chi connectivity index (χ3v) is 7.11. The average Bonchev–Trinajstić information content (AvgIpc) is 3.26. The summed E-state index contributed by atoms with van der Waals surface area (Å²) >= 11 is 5.33. The predicted octanol–water partition coefficient (Wildman–Crippen LogP) is 5.38. The Kier molecular flexibility index (Phi) is 7.68. The first-order valence-electron chi connectivity index (χ1n) is 12.8. The number of ether oxygens (including phenoxy) is 2. The highest BCUT2D eigenvalue weighted by Gasteiger charge is 2.36. The smallest absolute Gasteiger partial charge is 0.270 e. The predicted molar refractivity (Wildman–Crippen MR) is 160 cm³/mol. The van der Waals surface area contributed by atoms with E-state index in [9.17, 15) is 14.9 Å². The molecule has 204 valence electrons. The molecule has 1 saturated heterocycles. The number of nitriles is 1. The molecule has 1 aliphatic rings. The Morgan fingerprint density at radius 2 is 1.71 bits per heavy atom. The Labute approximate surface area is 243 Å². The summed E-state index contributed by atoms with van der Waals surface area (Å²) in [5.74, 6) is 0.0321. The minimum atomic E-state index is -0.560. The van der Waals surface area contributed by atoms with Crippen LogP contribution in [0.15, 0.2) is 84.4 Å². The number of amides is 2. The first-order valence-corrected chi connectivity index (χ1v) is 13.2. The van der Waals surface area contributed by atoms with Gasteiger partial charge in [0.05, 0.1) is 24.4 Å². The molecule has 0 unspecified atom stereocenters. The Morgan fingerprint density at radius 3 is 2.44 bits per heavy atom. The highest BCUT2D eigenvalue weighted by molar-refractivity contribution is 7.80. The van der Waals surface area contributed by atoms with Crippen molar-refractivity contribution in [2.45, 2.75) is 20.5 Å². The van der Waals surface area contributed by atoms with Gasteiger partial charge in [-0.25, -0.2) is 4.90 Å². The first kappa shape index (κ1) is 27.4. The van der Waals surface area contributed by atoms with Crippen molar-refractivity contribution in [3.05, 3.63) is 113 Å². The van der Waals surface area contributed by atoms with Crippen molar-refractivity contribution in [3.63, 3.8) is 0 Å². The van der Waals surface area contributed by atoms with Crippen LogP contribution in [0, 0.1) is 25.2 Å². The number of thiocarbonyl (C=S) groups is 1. The molecule has 0 aliphatic carbocycles. The number of aromatic nitrogens is 1. The largest absolute Gasteiger partial charge is 0.495 e. The van der Waals surface area contributed by atoms with Gasteiger partial charge in [-0.15, -0.1) is 0 Å². The first-order chi connectivity index (χ1) is 19.8. The number of methoxy groups -OCH3 is 1. The van der Waals surface area contributed by atoms with E-state index in [2.05, 4.69) is 11.4 Å². The zero-order valence-electron chi connectivity index (χ0n) is 22.7. The van der Waals surface area contributed by atoms with Crippen LogP contribution in [0.4, 0.5) is 5.69 Å². The van der Waals surface area contributed by atoms with Gasteiger partial charge in [0.2, 0.25) is 0 Å². The zero-order valence-corrected chi connectivity index (χ0v) is 23.5. The molecule has 0 spiro atoms. The van der Waals surface area contributed by atoms with E-state index in [-0.39, 0.29) is 17.3 Å². The molecule has 8 nitrogen and oxygen atoms in total. The maximum atomic E-state index is 13.5. The van der Waals surface area contributed by atoms with Crippen LogP contribution in [0.25, 0.3) is 11.8 Å². The number of hydrogen-bond donors (Lipinski definition) is 1. The molecule has 1 N–H and O–H groups in total. The summed E-state index contributed by atoms with van der Waals surface area (Å²) in [6, 6.07) is 26.0. The number of benzene rings is 3. The fraction of sp³-hybridized carbons (Fsp3) is 0.125. The monoisotopic (exact) mass is 562 g/mol. The fourth-order valence-electron chi connectivity index (χ4n) is 4.79. The molecule has 1 fully saturated rings. The van der Waals surface area contributed by atoms with Gasteiger partial charge in [-0.05, 0) is 86.2 Å². The molecule has 1 aromatic heterocycles. The third-order valence-electron chi connectivity index (χ3n) is 6.82.